The molecule has 3 aromatic rings. The summed E-state index contributed by atoms with van der Waals surface area (Å²) in [6.07, 6.45) is 3.43. The van der Waals surface area contributed by atoms with E-state index in [-0.39, 0.29) is 29.4 Å². The van der Waals surface area contributed by atoms with E-state index in [1.54, 1.807) is 19.1 Å². The molecule has 6 rings (SSSR count). The van der Waals surface area contributed by atoms with Crippen LogP contribution < -0.4 is 0 Å². The highest BCUT2D eigenvalue weighted by atomic mass is 16.3. The summed E-state index contributed by atoms with van der Waals surface area (Å²) in [7, 11) is 0. The number of pyridine rings is 1. The van der Waals surface area contributed by atoms with Crippen molar-refractivity contribution in [2.45, 2.75) is 38.6 Å². The predicted molar refractivity (Wildman–Crippen MR) is 161 cm³/mol. The highest BCUT2D eigenvalue weighted by Crippen LogP contribution is 2.28. The van der Waals surface area contributed by atoms with Crippen LogP contribution in [0, 0.1) is 5.92 Å². The summed E-state index contributed by atoms with van der Waals surface area (Å²) >= 11 is 0. The Morgan fingerprint density at radius 2 is 1.40 bits per heavy atom. The van der Waals surface area contributed by atoms with Crippen LogP contribution in [0.25, 0.3) is 22.2 Å². The number of carbonyl (C=O) groups is 3. The summed E-state index contributed by atoms with van der Waals surface area (Å²) in [6, 6.07) is 16.9. The van der Waals surface area contributed by atoms with E-state index >= 15 is 0 Å². The smallest absolute Gasteiger partial charge is 0.254 e. The number of hydrogen-bond donors (Lipinski definition) is 1. The van der Waals surface area contributed by atoms with Crippen LogP contribution in [-0.4, -0.2) is 106 Å². The van der Waals surface area contributed by atoms with Crippen molar-refractivity contribution < 1.29 is 19.5 Å². The van der Waals surface area contributed by atoms with E-state index < -0.39 is 0 Å². The van der Waals surface area contributed by atoms with Gasteiger partial charge in [0.05, 0.1) is 16.8 Å². The molecular weight excluding hydrogens is 530 g/mol. The van der Waals surface area contributed by atoms with Gasteiger partial charge in [-0.05, 0) is 62.1 Å². The van der Waals surface area contributed by atoms with Crippen LogP contribution in [0.5, 0.6) is 5.75 Å². The molecule has 1 aromatic heterocycles. The zero-order valence-corrected chi connectivity index (χ0v) is 24.2. The number of benzene rings is 2. The molecule has 42 heavy (non-hydrogen) atoms. The molecule has 9 heteroatoms. The maximum atomic E-state index is 13.8. The molecule has 0 aliphatic carbocycles. The number of phenols is 1. The van der Waals surface area contributed by atoms with E-state index in [1.807, 2.05) is 57.2 Å². The average Bonchev–Trinajstić information content (AvgIpc) is 3.04. The third-order valence-electron chi connectivity index (χ3n) is 9.29. The summed E-state index contributed by atoms with van der Waals surface area (Å²) < 4.78 is 0. The number of aromatic nitrogens is 1. The minimum Gasteiger partial charge on any atom is -0.508 e. The summed E-state index contributed by atoms with van der Waals surface area (Å²) in [6.45, 7) is 7.48. The zero-order valence-electron chi connectivity index (χ0n) is 24.2. The number of nitrogens with zero attached hydrogens (tertiary/aromatic N) is 5. The largest absolute Gasteiger partial charge is 0.508 e. The SMILES string of the molecule is CC(=O)N1CCC(C(=O)N2CCC(N3CCN(C(=O)c4cc(-c5ccc(O)cc5)nc5ccccc45)CC3)CC2)CC1. The van der Waals surface area contributed by atoms with Crippen LogP contribution >= 0.6 is 0 Å². The Morgan fingerprint density at radius 1 is 0.762 bits per heavy atom. The van der Waals surface area contributed by atoms with Gasteiger partial charge in [0.15, 0.2) is 0 Å². The number of carbonyl (C=O) groups excluding carboxylic acids is 3. The van der Waals surface area contributed by atoms with Crippen molar-refractivity contribution in [3.05, 3.63) is 60.2 Å². The molecule has 0 radical (unpaired) electrons. The van der Waals surface area contributed by atoms with Gasteiger partial charge in [0.1, 0.15) is 5.75 Å². The third kappa shape index (κ3) is 5.83. The molecule has 4 heterocycles. The fourth-order valence-electron chi connectivity index (χ4n) is 6.74. The monoisotopic (exact) mass is 569 g/mol. The first-order valence-electron chi connectivity index (χ1n) is 15.1. The molecule has 0 spiro atoms. The first-order valence-corrected chi connectivity index (χ1v) is 15.1. The number of fused-ring (bicyclic) bond motifs is 1. The van der Waals surface area contributed by atoms with Crippen molar-refractivity contribution in [2.75, 3.05) is 52.4 Å². The van der Waals surface area contributed by atoms with Gasteiger partial charge < -0.3 is 19.8 Å². The number of rotatable bonds is 4. The van der Waals surface area contributed by atoms with Crippen molar-refractivity contribution in [1.29, 1.82) is 0 Å². The molecule has 3 fully saturated rings. The fraction of sp³-hybridized carbons (Fsp3) is 0.455. The maximum absolute atomic E-state index is 13.8. The van der Waals surface area contributed by atoms with Gasteiger partial charge in [0.25, 0.3) is 5.91 Å². The number of hydrogen-bond acceptors (Lipinski definition) is 6. The van der Waals surface area contributed by atoms with Crippen molar-refractivity contribution in [3.8, 4) is 17.0 Å². The number of likely N-dealkylation sites (tertiary alicyclic amines) is 2. The van der Waals surface area contributed by atoms with Crippen LogP contribution in [0.2, 0.25) is 0 Å². The molecule has 0 saturated carbocycles. The molecule has 2 aromatic carbocycles. The Labute approximate surface area is 246 Å². The highest BCUT2D eigenvalue weighted by molar-refractivity contribution is 6.07. The summed E-state index contributed by atoms with van der Waals surface area (Å²) in [5.74, 6) is 0.590. The molecule has 220 valence electrons. The summed E-state index contributed by atoms with van der Waals surface area (Å²) in [5.41, 5.74) is 2.99. The van der Waals surface area contributed by atoms with Gasteiger partial charge in [0, 0.05) is 82.2 Å². The quantitative estimate of drug-likeness (QED) is 0.516. The molecule has 3 amide bonds. The van der Waals surface area contributed by atoms with Gasteiger partial charge in [-0.1, -0.05) is 18.2 Å². The molecule has 3 saturated heterocycles. The van der Waals surface area contributed by atoms with Crippen LogP contribution in [0.4, 0.5) is 0 Å². The second kappa shape index (κ2) is 12.1. The number of amides is 3. The lowest BCUT2D eigenvalue weighted by molar-refractivity contribution is -0.141. The van der Waals surface area contributed by atoms with Crippen LogP contribution in [0.1, 0.15) is 43.0 Å². The molecule has 3 aliphatic rings. The molecule has 9 nitrogen and oxygen atoms in total. The fourth-order valence-corrected chi connectivity index (χ4v) is 6.74. The van der Waals surface area contributed by atoms with Gasteiger partial charge >= 0.3 is 0 Å². The average molecular weight is 570 g/mol. The zero-order chi connectivity index (χ0) is 29.2. The lowest BCUT2D eigenvalue weighted by atomic mass is 9.93. The van der Waals surface area contributed by atoms with Gasteiger partial charge in [-0.2, -0.15) is 0 Å². The van der Waals surface area contributed by atoms with E-state index in [0.717, 1.165) is 68.3 Å². The molecule has 0 unspecified atom stereocenters. The van der Waals surface area contributed by atoms with Gasteiger partial charge in [0.2, 0.25) is 11.8 Å². The number of para-hydroxylation sites is 1. The van der Waals surface area contributed by atoms with Gasteiger partial charge in [-0.3, -0.25) is 19.3 Å². The number of phenolic OH excluding ortho intramolecular Hbond substituents is 1. The minimum atomic E-state index is 0.0181. The number of piperazine rings is 1. The van der Waals surface area contributed by atoms with Crippen molar-refractivity contribution in [2.24, 2.45) is 5.92 Å². The van der Waals surface area contributed by atoms with Gasteiger partial charge in [-0.15, -0.1) is 0 Å². The van der Waals surface area contributed by atoms with Crippen molar-refractivity contribution in [3.63, 3.8) is 0 Å². The second-order valence-electron chi connectivity index (χ2n) is 11.8. The highest BCUT2D eigenvalue weighted by Gasteiger charge is 2.34. The molecular formula is C33H39N5O4. The van der Waals surface area contributed by atoms with E-state index in [0.29, 0.717) is 43.5 Å². The summed E-state index contributed by atoms with van der Waals surface area (Å²) in [5, 5.41) is 10.5. The standard InChI is InChI=1S/C33H39N5O4/c1-23(39)35-14-10-25(11-15-35)32(41)37-16-12-26(13-17-37)36-18-20-38(21-19-36)33(42)29-22-31(24-6-8-27(40)9-7-24)34-30-5-3-2-4-28(29)30/h2-9,22,25-26,40H,10-21H2,1H3. The van der Waals surface area contributed by atoms with Crippen LogP contribution in [0.3, 0.4) is 0 Å². The third-order valence-corrected chi connectivity index (χ3v) is 9.29. The molecule has 0 bridgehead atoms. The van der Waals surface area contributed by atoms with E-state index in [2.05, 4.69) is 4.90 Å². The molecule has 0 atom stereocenters. The Bertz CT molecular complexity index is 1450. The lowest BCUT2D eigenvalue weighted by Crippen LogP contribution is -2.55. The number of piperidine rings is 2. The Hall–Kier alpha value is -3.98. The van der Waals surface area contributed by atoms with Gasteiger partial charge in [-0.25, -0.2) is 4.98 Å². The Balaban J connectivity index is 1.06. The summed E-state index contributed by atoms with van der Waals surface area (Å²) in [4.78, 5) is 51.7. The molecule has 3 aliphatic heterocycles. The number of aromatic hydroxyl groups is 1. The second-order valence-corrected chi connectivity index (χ2v) is 11.8. The minimum absolute atomic E-state index is 0.0181. The first-order chi connectivity index (χ1) is 20.4. The van der Waals surface area contributed by atoms with Crippen molar-refractivity contribution in [1.82, 2.24) is 24.6 Å². The normalized spacial score (nSPS) is 19.3. The Morgan fingerprint density at radius 3 is 2.07 bits per heavy atom. The van der Waals surface area contributed by atoms with Crippen LogP contribution in [0.15, 0.2) is 54.6 Å². The first kappa shape index (κ1) is 28.2. The molecule has 1 N–H and O–H groups in total. The van der Waals surface area contributed by atoms with E-state index in [9.17, 15) is 19.5 Å². The van der Waals surface area contributed by atoms with Crippen LogP contribution in [-0.2, 0) is 9.59 Å². The topological polar surface area (TPSA) is 97.3 Å². The maximum Gasteiger partial charge on any atom is 0.254 e. The lowest BCUT2D eigenvalue weighted by Gasteiger charge is -2.43. The van der Waals surface area contributed by atoms with E-state index in [1.165, 1.54) is 0 Å². The predicted octanol–water partition coefficient (Wildman–Crippen LogP) is 3.61. The van der Waals surface area contributed by atoms with E-state index in [4.69, 9.17) is 4.98 Å². The van der Waals surface area contributed by atoms with Crippen molar-refractivity contribution >= 4 is 28.6 Å². The Kier molecular flexibility index (Phi) is 8.11.